The Morgan fingerprint density at radius 2 is 2.20 bits per heavy atom. The van der Waals surface area contributed by atoms with Crippen LogP contribution in [0.1, 0.15) is 13.8 Å². The topological polar surface area (TPSA) is 23.9 Å². The molecule has 0 aromatic heterocycles. The van der Waals surface area contributed by atoms with E-state index >= 15 is 0 Å². The van der Waals surface area contributed by atoms with E-state index in [1.807, 2.05) is 0 Å². The normalized spacial score (nSPS) is 19.2. The van der Waals surface area contributed by atoms with Gasteiger partial charge in [-0.2, -0.15) is 0 Å². The van der Waals surface area contributed by atoms with Crippen LogP contribution in [0.2, 0.25) is 0 Å². The highest BCUT2D eigenvalue weighted by atomic mass is 19.2. The second kappa shape index (κ2) is 2.90. The molecule has 58 valence electrons. The van der Waals surface area contributed by atoms with Gasteiger partial charge < -0.3 is 5.41 Å². The summed E-state index contributed by atoms with van der Waals surface area (Å²) < 4.78 is 25.5. The zero-order chi connectivity index (χ0) is 8.36. The molecule has 10 heavy (non-hydrogen) atoms. The molecule has 0 rings (SSSR count). The molecule has 2 atom stereocenters. The third kappa shape index (κ3) is 1.90. The Morgan fingerprint density at radius 1 is 1.80 bits per heavy atom. The fourth-order valence-electron chi connectivity index (χ4n) is 0.555. The highest BCUT2D eigenvalue weighted by Crippen LogP contribution is 2.21. The third-order valence-corrected chi connectivity index (χ3v) is 1.21. The van der Waals surface area contributed by atoms with Gasteiger partial charge in [-0.25, -0.2) is 8.78 Å². The Labute approximate surface area is 59.3 Å². The van der Waals surface area contributed by atoms with Crippen LogP contribution in [0.3, 0.4) is 0 Å². The minimum atomic E-state index is -2.20. The van der Waals surface area contributed by atoms with Crippen LogP contribution in [0.25, 0.3) is 0 Å². The minimum Gasteiger partial charge on any atom is -0.310 e. The van der Waals surface area contributed by atoms with Crippen molar-refractivity contribution in [3.05, 3.63) is 12.2 Å². The van der Waals surface area contributed by atoms with Gasteiger partial charge in [0.15, 0.2) is 11.8 Å². The molecule has 0 saturated carbocycles. The fraction of sp³-hybridized carbons (Fsp3) is 0.571. The molecule has 0 bridgehead atoms. The van der Waals surface area contributed by atoms with E-state index in [1.54, 1.807) is 0 Å². The first-order valence-electron chi connectivity index (χ1n) is 2.92. The molecule has 0 amide bonds. The SMILES string of the molecule is C=C(C)C(F)C(C)(F)C=N. The second-order valence-corrected chi connectivity index (χ2v) is 2.50. The number of hydrogen-bond acceptors (Lipinski definition) is 1. The lowest BCUT2D eigenvalue weighted by atomic mass is 9.99. The van der Waals surface area contributed by atoms with Crippen LogP contribution in [0.15, 0.2) is 12.2 Å². The van der Waals surface area contributed by atoms with Gasteiger partial charge in [-0.3, -0.25) is 0 Å². The predicted octanol–water partition coefficient (Wildman–Crippen LogP) is 2.28. The molecule has 2 unspecified atom stereocenters. The lowest BCUT2D eigenvalue weighted by Crippen LogP contribution is -2.33. The Kier molecular flexibility index (Phi) is 2.69. The predicted molar refractivity (Wildman–Crippen MR) is 38.0 cm³/mol. The minimum absolute atomic E-state index is 0.105. The largest absolute Gasteiger partial charge is 0.310 e. The maximum absolute atomic E-state index is 12.8. The van der Waals surface area contributed by atoms with Crippen molar-refractivity contribution in [1.82, 2.24) is 0 Å². The van der Waals surface area contributed by atoms with Gasteiger partial charge in [0.1, 0.15) is 0 Å². The number of halogens is 2. The van der Waals surface area contributed by atoms with Crippen LogP contribution in [0, 0.1) is 5.41 Å². The second-order valence-electron chi connectivity index (χ2n) is 2.50. The molecule has 0 heterocycles. The maximum Gasteiger partial charge on any atom is 0.177 e. The Bertz CT molecular complexity index is 152. The first kappa shape index (κ1) is 9.27. The monoisotopic (exact) mass is 147 g/mol. The van der Waals surface area contributed by atoms with Crippen molar-refractivity contribution in [3.63, 3.8) is 0 Å². The summed E-state index contributed by atoms with van der Waals surface area (Å²) in [6.45, 7) is 5.66. The van der Waals surface area contributed by atoms with Crippen molar-refractivity contribution in [2.24, 2.45) is 0 Å². The van der Waals surface area contributed by atoms with Crippen molar-refractivity contribution in [1.29, 1.82) is 5.41 Å². The molecule has 0 fully saturated rings. The molecule has 0 aliphatic carbocycles. The summed E-state index contributed by atoms with van der Waals surface area (Å²) in [4.78, 5) is 0. The molecule has 0 radical (unpaired) electrons. The standard InChI is InChI=1S/C7H11F2N/c1-5(2)6(8)7(3,9)4-10/h4,6,10H,1H2,2-3H3. The van der Waals surface area contributed by atoms with Gasteiger partial charge in [0.2, 0.25) is 0 Å². The van der Waals surface area contributed by atoms with Crippen molar-refractivity contribution >= 4 is 6.21 Å². The van der Waals surface area contributed by atoms with Gasteiger partial charge in [-0.15, -0.1) is 0 Å². The molecule has 0 spiro atoms. The summed E-state index contributed by atoms with van der Waals surface area (Å²) in [6.07, 6.45) is -1.32. The molecule has 0 aliphatic heterocycles. The number of nitrogens with one attached hydrogen (secondary N) is 1. The van der Waals surface area contributed by atoms with Gasteiger partial charge in [-0.05, 0) is 19.4 Å². The van der Waals surface area contributed by atoms with Crippen LogP contribution in [-0.4, -0.2) is 18.1 Å². The zero-order valence-corrected chi connectivity index (χ0v) is 6.12. The fourth-order valence-corrected chi connectivity index (χ4v) is 0.555. The Balaban J connectivity index is 4.31. The zero-order valence-electron chi connectivity index (χ0n) is 6.12. The summed E-state index contributed by atoms with van der Waals surface area (Å²) >= 11 is 0. The quantitative estimate of drug-likeness (QED) is 0.467. The first-order chi connectivity index (χ1) is 4.41. The average Bonchev–Trinajstić information content (AvgIpc) is 1.86. The molecule has 1 N–H and O–H groups in total. The van der Waals surface area contributed by atoms with Crippen molar-refractivity contribution < 1.29 is 8.78 Å². The lowest BCUT2D eigenvalue weighted by molar-refractivity contribution is 0.162. The van der Waals surface area contributed by atoms with Crippen LogP contribution in [0.4, 0.5) is 8.78 Å². The van der Waals surface area contributed by atoms with E-state index in [0.29, 0.717) is 6.21 Å². The molecule has 1 nitrogen and oxygen atoms in total. The lowest BCUT2D eigenvalue weighted by Gasteiger charge is -2.19. The summed E-state index contributed by atoms with van der Waals surface area (Å²) in [6, 6.07) is 0. The van der Waals surface area contributed by atoms with E-state index in [4.69, 9.17) is 5.41 Å². The number of hydrogen-bond donors (Lipinski definition) is 1. The molecule has 0 aliphatic rings. The van der Waals surface area contributed by atoms with Crippen molar-refractivity contribution in [2.45, 2.75) is 25.7 Å². The van der Waals surface area contributed by atoms with E-state index in [9.17, 15) is 8.78 Å². The van der Waals surface area contributed by atoms with Gasteiger partial charge >= 0.3 is 0 Å². The van der Waals surface area contributed by atoms with Gasteiger partial charge in [0, 0.05) is 6.21 Å². The van der Waals surface area contributed by atoms with E-state index in [-0.39, 0.29) is 5.57 Å². The molecular formula is C7H11F2N. The van der Waals surface area contributed by atoms with Crippen LogP contribution in [0.5, 0.6) is 0 Å². The Hall–Kier alpha value is -0.730. The molecule has 0 aromatic carbocycles. The van der Waals surface area contributed by atoms with Gasteiger partial charge in [0.05, 0.1) is 0 Å². The average molecular weight is 147 g/mol. The van der Waals surface area contributed by atoms with Gasteiger partial charge in [0.25, 0.3) is 0 Å². The number of allylic oxidation sites excluding steroid dienone is 1. The molecule has 3 heteroatoms. The van der Waals surface area contributed by atoms with E-state index in [1.165, 1.54) is 6.92 Å². The first-order valence-corrected chi connectivity index (χ1v) is 2.92. The Morgan fingerprint density at radius 3 is 2.30 bits per heavy atom. The van der Waals surface area contributed by atoms with E-state index in [2.05, 4.69) is 6.58 Å². The third-order valence-electron chi connectivity index (χ3n) is 1.21. The summed E-state index contributed by atoms with van der Waals surface area (Å²) in [5, 5.41) is 6.55. The molecular weight excluding hydrogens is 136 g/mol. The van der Waals surface area contributed by atoms with Crippen LogP contribution >= 0.6 is 0 Å². The number of alkyl halides is 2. The van der Waals surface area contributed by atoms with E-state index < -0.39 is 11.8 Å². The van der Waals surface area contributed by atoms with E-state index in [0.717, 1.165) is 6.92 Å². The van der Waals surface area contributed by atoms with Crippen molar-refractivity contribution in [3.8, 4) is 0 Å². The highest BCUT2D eigenvalue weighted by Gasteiger charge is 2.32. The van der Waals surface area contributed by atoms with Crippen LogP contribution < -0.4 is 0 Å². The molecule has 0 aromatic rings. The number of rotatable bonds is 3. The summed E-state index contributed by atoms with van der Waals surface area (Å²) in [7, 11) is 0. The maximum atomic E-state index is 12.8. The van der Waals surface area contributed by atoms with Crippen LogP contribution in [-0.2, 0) is 0 Å². The van der Waals surface area contributed by atoms with Gasteiger partial charge in [-0.1, -0.05) is 6.58 Å². The summed E-state index contributed by atoms with van der Waals surface area (Å²) in [5.74, 6) is 0. The molecule has 0 saturated heterocycles. The summed E-state index contributed by atoms with van der Waals surface area (Å²) in [5.41, 5.74) is -2.10. The smallest absolute Gasteiger partial charge is 0.177 e. The highest BCUT2D eigenvalue weighted by molar-refractivity contribution is 5.66. The van der Waals surface area contributed by atoms with Crippen molar-refractivity contribution in [2.75, 3.05) is 0 Å².